The van der Waals surface area contributed by atoms with E-state index in [2.05, 4.69) is 0 Å². The number of rotatable bonds is 5. The van der Waals surface area contributed by atoms with Gasteiger partial charge in [0.1, 0.15) is 12.7 Å². The highest BCUT2D eigenvalue weighted by Gasteiger charge is 2.21. The molecule has 0 radical (unpaired) electrons. The van der Waals surface area contributed by atoms with E-state index in [1.165, 1.54) is 0 Å². The summed E-state index contributed by atoms with van der Waals surface area (Å²) < 4.78 is 0. The number of Topliss-reactive ketones (excluding diaryl/α,β-unsaturated/α-hetero) is 1. The Morgan fingerprint density at radius 2 is 1.82 bits per heavy atom. The van der Waals surface area contributed by atoms with Gasteiger partial charge >= 0.3 is 0 Å². The molecule has 0 aromatic carbocycles. The molecule has 3 nitrogen and oxygen atoms in total. The van der Waals surface area contributed by atoms with Crippen LogP contribution < -0.4 is 0 Å². The van der Waals surface area contributed by atoms with Gasteiger partial charge in [0.15, 0.2) is 5.78 Å². The average Bonchev–Trinajstić information content (AvgIpc) is 2.05. The molecule has 0 rings (SSSR count). The third kappa shape index (κ3) is 2.99. The molecule has 0 heterocycles. The lowest BCUT2D eigenvalue weighted by Crippen LogP contribution is -2.31. The molecule has 3 heteroatoms. The van der Waals surface area contributed by atoms with Crippen LogP contribution in [0.1, 0.15) is 26.7 Å². The Morgan fingerprint density at radius 1 is 1.36 bits per heavy atom. The number of hydrogen-bond acceptors (Lipinski definition) is 3. The van der Waals surface area contributed by atoms with Gasteiger partial charge in [0.2, 0.25) is 0 Å². The highest BCUT2D eigenvalue weighted by Crippen LogP contribution is 2.13. The van der Waals surface area contributed by atoms with Crippen molar-refractivity contribution in [3.8, 4) is 0 Å². The predicted octanol–water partition coefficient (Wildman–Crippen LogP) is 0.345. The van der Waals surface area contributed by atoms with Crippen molar-refractivity contribution in [2.24, 2.45) is 5.92 Å². The Balaban J connectivity index is 3.97. The first-order valence-electron chi connectivity index (χ1n) is 3.98. The molecule has 0 aromatic heterocycles. The Bertz CT molecular complexity index is 119. The van der Waals surface area contributed by atoms with Crippen LogP contribution in [0.4, 0.5) is 0 Å². The molecule has 0 amide bonds. The fraction of sp³-hybridized carbons (Fsp3) is 0.875. The fourth-order valence-corrected chi connectivity index (χ4v) is 1.09. The standard InChI is InChI=1S/C8H16O3/c1-3-6(4-2)8(11)7(10)5-9/h6,8-9,11H,3-5H2,1-2H3. The first kappa shape index (κ1) is 10.6. The molecule has 1 atom stereocenters. The van der Waals surface area contributed by atoms with E-state index in [0.717, 1.165) is 12.8 Å². The van der Waals surface area contributed by atoms with Gasteiger partial charge in [-0.1, -0.05) is 26.7 Å². The van der Waals surface area contributed by atoms with E-state index in [0.29, 0.717) is 0 Å². The van der Waals surface area contributed by atoms with Crippen molar-refractivity contribution in [3.05, 3.63) is 0 Å². The van der Waals surface area contributed by atoms with Crippen LogP contribution in [-0.2, 0) is 4.79 Å². The van der Waals surface area contributed by atoms with E-state index in [1.54, 1.807) is 0 Å². The minimum atomic E-state index is -0.977. The zero-order chi connectivity index (χ0) is 8.85. The largest absolute Gasteiger partial charge is 0.388 e. The number of carbonyl (C=O) groups excluding carboxylic acids is 1. The molecule has 0 bridgehead atoms. The minimum Gasteiger partial charge on any atom is -0.388 e. The molecule has 2 N–H and O–H groups in total. The molecule has 0 spiro atoms. The highest BCUT2D eigenvalue weighted by atomic mass is 16.3. The van der Waals surface area contributed by atoms with E-state index in [4.69, 9.17) is 5.11 Å². The van der Waals surface area contributed by atoms with Gasteiger partial charge in [-0.15, -0.1) is 0 Å². The van der Waals surface area contributed by atoms with Crippen LogP contribution in [0.3, 0.4) is 0 Å². The molecule has 0 aliphatic carbocycles. The maximum absolute atomic E-state index is 10.8. The number of aliphatic hydroxyl groups excluding tert-OH is 2. The van der Waals surface area contributed by atoms with Crippen molar-refractivity contribution >= 4 is 5.78 Å². The number of carbonyl (C=O) groups is 1. The van der Waals surface area contributed by atoms with Gasteiger partial charge in [0.25, 0.3) is 0 Å². The molecule has 0 aliphatic rings. The number of aliphatic hydroxyl groups is 2. The van der Waals surface area contributed by atoms with Crippen LogP contribution in [0.15, 0.2) is 0 Å². The summed E-state index contributed by atoms with van der Waals surface area (Å²) in [6.07, 6.45) is 0.558. The van der Waals surface area contributed by atoms with E-state index < -0.39 is 18.5 Å². The number of ketones is 1. The van der Waals surface area contributed by atoms with Gasteiger partial charge in [-0.05, 0) is 5.92 Å². The lowest BCUT2D eigenvalue weighted by Gasteiger charge is -2.17. The van der Waals surface area contributed by atoms with Gasteiger partial charge < -0.3 is 10.2 Å². The van der Waals surface area contributed by atoms with Crippen molar-refractivity contribution < 1.29 is 15.0 Å². The normalized spacial score (nSPS) is 13.5. The lowest BCUT2D eigenvalue weighted by molar-refractivity contribution is -0.132. The van der Waals surface area contributed by atoms with Crippen molar-refractivity contribution in [1.29, 1.82) is 0 Å². The predicted molar refractivity (Wildman–Crippen MR) is 42.2 cm³/mol. The molecule has 0 saturated heterocycles. The maximum Gasteiger partial charge on any atom is 0.186 e. The van der Waals surface area contributed by atoms with Gasteiger partial charge in [-0.25, -0.2) is 0 Å². The Labute approximate surface area is 67.0 Å². The molecule has 0 fully saturated rings. The average molecular weight is 160 g/mol. The van der Waals surface area contributed by atoms with Crippen LogP contribution >= 0.6 is 0 Å². The summed E-state index contributed by atoms with van der Waals surface area (Å²) in [4.78, 5) is 10.8. The minimum absolute atomic E-state index is 0.00495. The zero-order valence-corrected chi connectivity index (χ0v) is 7.08. The monoisotopic (exact) mass is 160 g/mol. The van der Waals surface area contributed by atoms with E-state index in [9.17, 15) is 9.90 Å². The van der Waals surface area contributed by atoms with Crippen LogP contribution in [0, 0.1) is 5.92 Å². The maximum atomic E-state index is 10.8. The Kier molecular flexibility index (Phi) is 5.07. The van der Waals surface area contributed by atoms with E-state index >= 15 is 0 Å². The molecule has 0 saturated carbocycles. The zero-order valence-electron chi connectivity index (χ0n) is 7.08. The van der Waals surface area contributed by atoms with Crippen LogP contribution in [-0.4, -0.2) is 28.7 Å². The quantitative estimate of drug-likeness (QED) is 0.610. The van der Waals surface area contributed by atoms with Crippen molar-refractivity contribution in [1.82, 2.24) is 0 Å². The van der Waals surface area contributed by atoms with Gasteiger partial charge in [0.05, 0.1) is 0 Å². The summed E-state index contributed by atoms with van der Waals surface area (Å²) >= 11 is 0. The summed E-state index contributed by atoms with van der Waals surface area (Å²) in [5.41, 5.74) is 0. The topological polar surface area (TPSA) is 57.5 Å². The third-order valence-corrected chi connectivity index (χ3v) is 1.98. The summed E-state index contributed by atoms with van der Waals surface area (Å²) in [7, 11) is 0. The second-order valence-corrected chi connectivity index (χ2v) is 2.65. The summed E-state index contributed by atoms with van der Waals surface area (Å²) in [6.45, 7) is 3.28. The summed E-state index contributed by atoms with van der Waals surface area (Å²) in [5.74, 6) is -0.478. The first-order valence-corrected chi connectivity index (χ1v) is 3.98. The smallest absolute Gasteiger partial charge is 0.186 e. The summed E-state index contributed by atoms with van der Waals surface area (Å²) in [6, 6.07) is 0. The van der Waals surface area contributed by atoms with E-state index in [-0.39, 0.29) is 5.92 Å². The van der Waals surface area contributed by atoms with E-state index in [1.807, 2.05) is 13.8 Å². The van der Waals surface area contributed by atoms with Crippen LogP contribution in [0.5, 0.6) is 0 Å². The van der Waals surface area contributed by atoms with Gasteiger partial charge in [-0.2, -0.15) is 0 Å². The fourth-order valence-electron chi connectivity index (χ4n) is 1.09. The molecule has 11 heavy (non-hydrogen) atoms. The second kappa shape index (κ2) is 5.27. The van der Waals surface area contributed by atoms with Crippen molar-refractivity contribution in [2.45, 2.75) is 32.8 Å². The Hall–Kier alpha value is -0.410. The van der Waals surface area contributed by atoms with Gasteiger partial charge in [-0.3, -0.25) is 4.79 Å². The molecule has 66 valence electrons. The molecule has 1 unspecified atom stereocenters. The van der Waals surface area contributed by atoms with Crippen molar-refractivity contribution in [3.63, 3.8) is 0 Å². The molecular weight excluding hydrogens is 144 g/mol. The summed E-state index contributed by atoms with van der Waals surface area (Å²) in [5, 5.41) is 17.7. The molecular formula is C8H16O3. The molecule has 0 aliphatic heterocycles. The SMILES string of the molecule is CCC(CC)C(O)C(=O)CO. The Morgan fingerprint density at radius 3 is 2.09 bits per heavy atom. The van der Waals surface area contributed by atoms with Crippen LogP contribution in [0.25, 0.3) is 0 Å². The van der Waals surface area contributed by atoms with Crippen molar-refractivity contribution in [2.75, 3.05) is 6.61 Å². The highest BCUT2D eigenvalue weighted by molar-refractivity contribution is 5.84. The first-order chi connectivity index (χ1) is 5.17. The molecule has 0 aromatic rings. The lowest BCUT2D eigenvalue weighted by atomic mass is 9.94. The van der Waals surface area contributed by atoms with Gasteiger partial charge in [0, 0.05) is 0 Å². The third-order valence-electron chi connectivity index (χ3n) is 1.98. The number of hydrogen-bond donors (Lipinski definition) is 2. The van der Waals surface area contributed by atoms with Crippen LogP contribution in [0.2, 0.25) is 0 Å². The second-order valence-electron chi connectivity index (χ2n) is 2.65.